The highest BCUT2D eigenvalue weighted by atomic mass is 16.5. The number of methoxy groups -OCH3 is 1. The number of hydrogen-bond donors (Lipinski definition) is 1. The second-order valence-electron chi connectivity index (χ2n) is 8.48. The van der Waals surface area contributed by atoms with E-state index < -0.39 is 5.91 Å². The molecule has 4 rings (SSSR count). The molecule has 182 valence electrons. The number of rotatable bonds is 10. The molecule has 0 aliphatic rings. The van der Waals surface area contributed by atoms with Crippen molar-refractivity contribution >= 4 is 11.6 Å². The van der Waals surface area contributed by atoms with Gasteiger partial charge in [0.05, 0.1) is 37.6 Å². The number of carbonyl (C=O) groups excluding carboxylic acids is 1. The number of primary amides is 1. The van der Waals surface area contributed by atoms with Crippen molar-refractivity contribution in [2.45, 2.75) is 19.4 Å². The Hall–Kier alpha value is -4.64. The minimum absolute atomic E-state index is 0.393. The van der Waals surface area contributed by atoms with Crippen LogP contribution in [0.4, 0.5) is 5.69 Å². The van der Waals surface area contributed by atoms with E-state index in [0.717, 1.165) is 47.5 Å². The van der Waals surface area contributed by atoms with E-state index in [1.807, 2.05) is 48.1 Å². The normalized spacial score (nSPS) is 10.6. The minimum atomic E-state index is -0.470. The number of carbonyl (C=O) groups is 1. The SMILES string of the molecule is COc1cc(CCCN(Cc2cncn2C)c2ccc(C#N)nc2)ccc1-c1ccccc1C(N)=O. The van der Waals surface area contributed by atoms with Crippen molar-refractivity contribution in [1.82, 2.24) is 14.5 Å². The lowest BCUT2D eigenvalue weighted by atomic mass is 9.96. The van der Waals surface area contributed by atoms with Crippen molar-refractivity contribution in [2.75, 3.05) is 18.6 Å². The molecule has 0 atom stereocenters. The van der Waals surface area contributed by atoms with E-state index in [1.54, 1.807) is 37.8 Å². The first-order valence-corrected chi connectivity index (χ1v) is 11.6. The summed E-state index contributed by atoms with van der Waals surface area (Å²) in [5, 5.41) is 9.08. The largest absolute Gasteiger partial charge is 0.496 e. The van der Waals surface area contributed by atoms with Crippen molar-refractivity contribution in [3.8, 4) is 22.9 Å². The van der Waals surface area contributed by atoms with Gasteiger partial charge in [0, 0.05) is 30.9 Å². The molecular weight excluding hydrogens is 452 g/mol. The van der Waals surface area contributed by atoms with Gasteiger partial charge in [-0.25, -0.2) is 9.97 Å². The lowest BCUT2D eigenvalue weighted by Gasteiger charge is -2.25. The Morgan fingerprint density at radius 1 is 1.14 bits per heavy atom. The zero-order chi connectivity index (χ0) is 25.5. The number of benzene rings is 2. The Labute approximate surface area is 210 Å². The van der Waals surface area contributed by atoms with Gasteiger partial charge in [-0.2, -0.15) is 5.26 Å². The summed E-state index contributed by atoms with van der Waals surface area (Å²) in [7, 11) is 3.60. The minimum Gasteiger partial charge on any atom is -0.496 e. The number of pyridine rings is 1. The molecule has 0 aliphatic heterocycles. The number of ether oxygens (including phenoxy) is 1. The molecule has 4 aromatic rings. The van der Waals surface area contributed by atoms with E-state index in [9.17, 15) is 4.79 Å². The highest BCUT2D eigenvalue weighted by Crippen LogP contribution is 2.33. The number of hydrogen-bond acceptors (Lipinski definition) is 6. The van der Waals surface area contributed by atoms with Gasteiger partial charge in [-0.15, -0.1) is 0 Å². The molecule has 36 heavy (non-hydrogen) atoms. The van der Waals surface area contributed by atoms with Crippen LogP contribution in [0.5, 0.6) is 5.75 Å². The predicted molar refractivity (Wildman–Crippen MR) is 138 cm³/mol. The van der Waals surface area contributed by atoms with Crippen LogP contribution in [0, 0.1) is 11.3 Å². The lowest BCUT2D eigenvalue weighted by Crippen LogP contribution is -2.25. The van der Waals surface area contributed by atoms with Crippen LogP contribution < -0.4 is 15.4 Å². The molecule has 8 nitrogen and oxygen atoms in total. The average Bonchev–Trinajstić information content (AvgIpc) is 3.32. The maximum Gasteiger partial charge on any atom is 0.249 e. The molecule has 1 amide bonds. The number of nitriles is 1. The monoisotopic (exact) mass is 480 g/mol. The number of nitrogens with two attached hydrogens (primary N) is 1. The molecule has 0 aliphatic carbocycles. The zero-order valence-electron chi connectivity index (χ0n) is 20.4. The number of aryl methyl sites for hydroxylation is 2. The Balaban J connectivity index is 1.51. The fourth-order valence-corrected chi connectivity index (χ4v) is 4.19. The number of nitrogens with zero attached hydrogens (tertiary/aromatic N) is 5. The zero-order valence-corrected chi connectivity index (χ0v) is 20.4. The Morgan fingerprint density at radius 2 is 1.97 bits per heavy atom. The van der Waals surface area contributed by atoms with Crippen molar-refractivity contribution in [3.05, 3.63) is 95.8 Å². The van der Waals surface area contributed by atoms with E-state index in [1.165, 1.54) is 0 Å². The van der Waals surface area contributed by atoms with Gasteiger partial charge in [-0.3, -0.25) is 4.79 Å². The molecule has 0 saturated carbocycles. The Kier molecular flexibility index (Phi) is 7.61. The van der Waals surface area contributed by atoms with Crippen molar-refractivity contribution in [1.29, 1.82) is 5.26 Å². The second kappa shape index (κ2) is 11.2. The van der Waals surface area contributed by atoms with Crippen LogP contribution in [0.25, 0.3) is 11.1 Å². The van der Waals surface area contributed by atoms with E-state index >= 15 is 0 Å². The smallest absolute Gasteiger partial charge is 0.249 e. The van der Waals surface area contributed by atoms with Gasteiger partial charge in [0.15, 0.2) is 0 Å². The molecule has 2 aromatic carbocycles. The van der Waals surface area contributed by atoms with Crippen LogP contribution in [0.15, 0.2) is 73.3 Å². The van der Waals surface area contributed by atoms with E-state index in [4.69, 9.17) is 15.7 Å². The van der Waals surface area contributed by atoms with E-state index in [0.29, 0.717) is 23.6 Å². The maximum atomic E-state index is 11.9. The van der Waals surface area contributed by atoms with Gasteiger partial charge in [0.2, 0.25) is 5.91 Å². The molecule has 2 heterocycles. The van der Waals surface area contributed by atoms with Gasteiger partial charge in [0.1, 0.15) is 17.5 Å². The average molecular weight is 481 g/mol. The number of amides is 1. The predicted octanol–water partition coefficient (Wildman–Crippen LogP) is 4.10. The standard InChI is InChI=1S/C28H28N6O2/c1-33-19-31-16-23(33)18-34(22-11-10-21(15-29)32-17-22)13-5-6-20-9-12-25(27(14-20)36-2)24-7-3-4-8-26(24)28(30)35/h3-4,7-12,14,16-17,19H,5-6,13,18H2,1-2H3,(H2,30,35). The van der Waals surface area contributed by atoms with Gasteiger partial charge >= 0.3 is 0 Å². The van der Waals surface area contributed by atoms with Crippen molar-refractivity contribution < 1.29 is 9.53 Å². The molecule has 0 saturated heterocycles. The quantitative estimate of drug-likeness (QED) is 0.366. The summed E-state index contributed by atoms with van der Waals surface area (Å²) in [5.74, 6) is 0.228. The second-order valence-corrected chi connectivity index (χ2v) is 8.48. The Morgan fingerprint density at radius 3 is 2.64 bits per heavy atom. The highest BCUT2D eigenvalue weighted by molar-refractivity contribution is 6.00. The van der Waals surface area contributed by atoms with Crippen LogP contribution in [0.1, 0.15) is 33.7 Å². The van der Waals surface area contributed by atoms with Crippen LogP contribution in [-0.2, 0) is 20.0 Å². The maximum absolute atomic E-state index is 11.9. The first kappa shape index (κ1) is 24.5. The van der Waals surface area contributed by atoms with Gasteiger partial charge in [-0.1, -0.05) is 30.3 Å². The third-order valence-electron chi connectivity index (χ3n) is 6.14. The summed E-state index contributed by atoms with van der Waals surface area (Å²) in [6.45, 7) is 1.46. The molecule has 2 aromatic heterocycles. The van der Waals surface area contributed by atoms with Crippen molar-refractivity contribution in [3.63, 3.8) is 0 Å². The molecule has 0 unspecified atom stereocenters. The summed E-state index contributed by atoms with van der Waals surface area (Å²) in [4.78, 5) is 22.6. The van der Waals surface area contributed by atoms with E-state index in [-0.39, 0.29) is 0 Å². The van der Waals surface area contributed by atoms with Gasteiger partial charge in [-0.05, 0) is 48.2 Å². The van der Waals surface area contributed by atoms with Crippen LogP contribution in [-0.4, -0.2) is 34.1 Å². The first-order chi connectivity index (χ1) is 17.5. The molecule has 0 fully saturated rings. The summed E-state index contributed by atoms with van der Waals surface area (Å²) in [6, 6.07) is 19.1. The van der Waals surface area contributed by atoms with E-state index in [2.05, 4.69) is 27.0 Å². The first-order valence-electron chi connectivity index (χ1n) is 11.6. The molecule has 8 heteroatoms. The fraction of sp³-hybridized carbons (Fsp3) is 0.214. The summed E-state index contributed by atoms with van der Waals surface area (Å²) in [6.07, 6.45) is 7.10. The summed E-state index contributed by atoms with van der Waals surface area (Å²) >= 11 is 0. The number of aromatic nitrogens is 3. The molecule has 0 spiro atoms. The van der Waals surface area contributed by atoms with Gasteiger partial charge in [0.25, 0.3) is 0 Å². The lowest BCUT2D eigenvalue weighted by molar-refractivity contribution is 0.100. The highest BCUT2D eigenvalue weighted by Gasteiger charge is 2.15. The van der Waals surface area contributed by atoms with Crippen LogP contribution in [0.3, 0.4) is 0 Å². The number of imidazole rings is 1. The van der Waals surface area contributed by atoms with Crippen LogP contribution >= 0.6 is 0 Å². The van der Waals surface area contributed by atoms with Crippen LogP contribution in [0.2, 0.25) is 0 Å². The molecular formula is C28H28N6O2. The van der Waals surface area contributed by atoms with Crippen molar-refractivity contribution in [2.24, 2.45) is 12.8 Å². The molecule has 0 bridgehead atoms. The molecule has 0 radical (unpaired) electrons. The topological polar surface area (TPSA) is 110 Å². The third kappa shape index (κ3) is 5.53. The third-order valence-corrected chi connectivity index (χ3v) is 6.14. The fourth-order valence-electron chi connectivity index (χ4n) is 4.19. The Bertz CT molecular complexity index is 1390. The summed E-state index contributed by atoms with van der Waals surface area (Å²) in [5.41, 5.74) is 11.2. The molecule has 2 N–H and O–H groups in total. The number of anilines is 1. The van der Waals surface area contributed by atoms with Gasteiger partial charge < -0.3 is 19.9 Å². The summed E-state index contributed by atoms with van der Waals surface area (Å²) < 4.78 is 7.67.